The van der Waals surface area contributed by atoms with Gasteiger partial charge in [0.05, 0.1) is 4.92 Å². The molecule has 0 atom stereocenters. The molecule has 15 heavy (non-hydrogen) atoms. The molecule has 0 aliphatic heterocycles. The van der Waals surface area contributed by atoms with Crippen molar-refractivity contribution in [1.29, 1.82) is 0 Å². The van der Waals surface area contributed by atoms with Crippen LogP contribution >= 0.6 is 11.8 Å². The molecule has 1 aromatic rings. The predicted octanol–water partition coefficient (Wildman–Crippen LogP) is 2.16. The van der Waals surface area contributed by atoms with E-state index in [9.17, 15) is 14.9 Å². The third-order valence-electron chi connectivity index (χ3n) is 1.84. The van der Waals surface area contributed by atoms with Crippen molar-refractivity contribution in [3.05, 3.63) is 39.4 Å². The first-order valence-corrected chi connectivity index (χ1v) is 5.45. The summed E-state index contributed by atoms with van der Waals surface area (Å²) in [7, 11) is 0. The molecule has 80 valence electrons. The number of hydrogen-bond donors (Lipinski definition) is 1. The fourth-order valence-corrected chi connectivity index (χ4v) is 1.81. The van der Waals surface area contributed by atoms with Crippen LogP contribution in [0, 0.1) is 10.1 Å². The monoisotopic (exact) mass is 227 g/mol. The van der Waals surface area contributed by atoms with Gasteiger partial charge in [0.1, 0.15) is 5.56 Å². The molecule has 0 fully saturated rings. The van der Waals surface area contributed by atoms with Crippen molar-refractivity contribution in [1.82, 2.24) is 0 Å². The average Bonchev–Trinajstić information content (AvgIpc) is 2.17. The summed E-state index contributed by atoms with van der Waals surface area (Å²) in [5.74, 6) is -0.810. The Balaban J connectivity index is 3.34. The van der Waals surface area contributed by atoms with Crippen LogP contribution in [0.25, 0.3) is 0 Å². The quantitative estimate of drug-likeness (QED) is 0.629. The van der Waals surface area contributed by atoms with Crippen LogP contribution in [0.4, 0.5) is 5.69 Å². The fraction of sp³-hybridized carbons (Fsp3) is 0.222. The third-order valence-corrected chi connectivity index (χ3v) is 2.44. The standard InChI is InChI=1S/C9H9NO4S/c1-15-5-6-3-2-4-7(10(13)14)8(6)9(11)12/h2-4H,5H2,1H3,(H,11,12). The molecule has 0 amide bonds. The van der Waals surface area contributed by atoms with Crippen molar-refractivity contribution in [2.75, 3.05) is 6.26 Å². The molecular weight excluding hydrogens is 218 g/mol. The summed E-state index contributed by atoms with van der Waals surface area (Å²) in [6, 6.07) is 4.29. The Morgan fingerprint density at radius 3 is 2.73 bits per heavy atom. The number of hydrogen-bond acceptors (Lipinski definition) is 4. The maximum absolute atomic E-state index is 10.9. The molecule has 0 aliphatic rings. The second-order valence-corrected chi connectivity index (χ2v) is 3.67. The summed E-state index contributed by atoms with van der Waals surface area (Å²) in [6.07, 6.45) is 1.81. The van der Waals surface area contributed by atoms with Crippen molar-refractivity contribution in [3.63, 3.8) is 0 Å². The third kappa shape index (κ3) is 2.47. The van der Waals surface area contributed by atoms with Gasteiger partial charge in [-0.1, -0.05) is 12.1 Å². The van der Waals surface area contributed by atoms with Gasteiger partial charge in [0.15, 0.2) is 0 Å². The van der Waals surface area contributed by atoms with E-state index >= 15 is 0 Å². The highest BCUT2D eigenvalue weighted by Crippen LogP contribution is 2.24. The van der Waals surface area contributed by atoms with Crippen LogP contribution in [0.15, 0.2) is 18.2 Å². The summed E-state index contributed by atoms with van der Waals surface area (Å²) < 4.78 is 0. The zero-order valence-electron chi connectivity index (χ0n) is 7.97. The zero-order valence-corrected chi connectivity index (χ0v) is 8.78. The van der Waals surface area contributed by atoms with Crippen LogP contribution in [-0.4, -0.2) is 22.3 Å². The van der Waals surface area contributed by atoms with E-state index in [1.54, 1.807) is 6.07 Å². The normalized spacial score (nSPS) is 9.93. The van der Waals surface area contributed by atoms with Crippen LogP contribution in [0.5, 0.6) is 0 Å². The molecule has 0 saturated heterocycles. The first-order chi connectivity index (χ1) is 7.07. The maximum atomic E-state index is 10.9. The average molecular weight is 227 g/mol. The van der Waals surface area contributed by atoms with Crippen molar-refractivity contribution < 1.29 is 14.8 Å². The van der Waals surface area contributed by atoms with E-state index < -0.39 is 10.9 Å². The topological polar surface area (TPSA) is 80.4 Å². The molecule has 6 heteroatoms. The maximum Gasteiger partial charge on any atom is 0.343 e. The summed E-state index contributed by atoms with van der Waals surface area (Å²) in [5, 5.41) is 19.5. The Kier molecular flexibility index (Phi) is 3.68. The highest BCUT2D eigenvalue weighted by atomic mass is 32.2. The number of carbonyl (C=O) groups is 1. The summed E-state index contributed by atoms with van der Waals surface area (Å²) in [4.78, 5) is 20.9. The number of nitro groups is 1. The van der Waals surface area contributed by atoms with E-state index in [-0.39, 0.29) is 11.3 Å². The van der Waals surface area contributed by atoms with Crippen LogP contribution in [0.1, 0.15) is 15.9 Å². The summed E-state index contributed by atoms with van der Waals surface area (Å²) >= 11 is 1.42. The van der Waals surface area contributed by atoms with E-state index in [4.69, 9.17) is 5.11 Å². The lowest BCUT2D eigenvalue weighted by molar-refractivity contribution is -0.385. The molecule has 0 bridgehead atoms. The smallest absolute Gasteiger partial charge is 0.343 e. The van der Waals surface area contributed by atoms with Gasteiger partial charge in [0.25, 0.3) is 5.69 Å². The Hall–Kier alpha value is -1.56. The number of rotatable bonds is 4. The molecule has 0 aromatic heterocycles. The molecule has 0 aliphatic carbocycles. The van der Waals surface area contributed by atoms with Gasteiger partial charge in [0.2, 0.25) is 0 Å². The molecule has 1 aromatic carbocycles. The van der Waals surface area contributed by atoms with Crippen LogP contribution in [0.3, 0.4) is 0 Å². The molecule has 0 unspecified atom stereocenters. The van der Waals surface area contributed by atoms with Gasteiger partial charge in [-0.15, -0.1) is 0 Å². The van der Waals surface area contributed by atoms with E-state index in [0.717, 1.165) is 0 Å². The minimum atomic E-state index is -1.26. The van der Waals surface area contributed by atoms with Gasteiger partial charge in [-0.25, -0.2) is 4.79 Å². The molecule has 1 rings (SSSR count). The van der Waals surface area contributed by atoms with E-state index in [1.165, 1.54) is 23.9 Å². The Morgan fingerprint density at radius 2 is 2.27 bits per heavy atom. The Bertz CT molecular complexity index is 405. The van der Waals surface area contributed by atoms with Gasteiger partial charge in [-0.3, -0.25) is 10.1 Å². The van der Waals surface area contributed by atoms with Crippen molar-refractivity contribution in [3.8, 4) is 0 Å². The van der Waals surface area contributed by atoms with Crippen molar-refractivity contribution in [2.45, 2.75) is 5.75 Å². The molecule has 0 spiro atoms. The first-order valence-electron chi connectivity index (χ1n) is 4.06. The second kappa shape index (κ2) is 4.79. The molecule has 1 N–H and O–H groups in total. The van der Waals surface area contributed by atoms with Gasteiger partial charge >= 0.3 is 5.97 Å². The van der Waals surface area contributed by atoms with Crippen molar-refractivity contribution in [2.24, 2.45) is 0 Å². The summed E-state index contributed by atoms with van der Waals surface area (Å²) in [6.45, 7) is 0. The van der Waals surface area contributed by atoms with Crippen LogP contribution in [0.2, 0.25) is 0 Å². The SMILES string of the molecule is CSCc1cccc([N+](=O)[O-])c1C(=O)O. The molecule has 5 nitrogen and oxygen atoms in total. The molecule has 0 heterocycles. The molecular formula is C9H9NO4S. The van der Waals surface area contributed by atoms with Gasteiger partial charge in [0, 0.05) is 11.8 Å². The number of thioether (sulfide) groups is 1. The lowest BCUT2D eigenvalue weighted by Gasteiger charge is -2.04. The van der Waals surface area contributed by atoms with Gasteiger partial charge in [-0.2, -0.15) is 11.8 Å². The number of aromatic carboxylic acids is 1. The predicted molar refractivity (Wildman–Crippen MR) is 57.3 cm³/mol. The van der Waals surface area contributed by atoms with Crippen LogP contribution < -0.4 is 0 Å². The lowest BCUT2D eigenvalue weighted by Crippen LogP contribution is -2.06. The highest BCUT2D eigenvalue weighted by Gasteiger charge is 2.22. The first kappa shape index (κ1) is 11.5. The van der Waals surface area contributed by atoms with E-state index in [0.29, 0.717) is 11.3 Å². The number of carboxylic acids is 1. The van der Waals surface area contributed by atoms with Gasteiger partial charge in [-0.05, 0) is 11.8 Å². The fourth-order valence-electron chi connectivity index (χ4n) is 1.26. The Morgan fingerprint density at radius 1 is 1.60 bits per heavy atom. The lowest BCUT2D eigenvalue weighted by atomic mass is 10.1. The van der Waals surface area contributed by atoms with Crippen LogP contribution in [-0.2, 0) is 5.75 Å². The Labute approximate surface area is 90.3 Å². The number of benzene rings is 1. The summed E-state index contributed by atoms with van der Waals surface area (Å²) in [5.41, 5.74) is -0.0879. The van der Waals surface area contributed by atoms with E-state index in [1.807, 2.05) is 6.26 Å². The number of carboxylic acid groups (broad SMARTS) is 1. The largest absolute Gasteiger partial charge is 0.477 e. The molecule has 0 radical (unpaired) electrons. The zero-order chi connectivity index (χ0) is 11.4. The number of nitro benzene ring substituents is 1. The highest BCUT2D eigenvalue weighted by molar-refractivity contribution is 7.97. The van der Waals surface area contributed by atoms with Crippen molar-refractivity contribution >= 4 is 23.4 Å². The number of nitrogens with zero attached hydrogens (tertiary/aromatic N) is 1. The van der Waals surface area contributed by atoms with Gasteiger partial charge < -0.3 is 5.11 Å². The molecule has 0 saturated carbocycles. The minimum Gasteiger partial charge on any atom is -0.477 e. The second-order valence-electron chi connectivity index (χ2n) is 2.81. The minimum absolute atomic E-state index is 0.211. The van der Waals surface area contributed by atoms with E-state index in [2.05, 4.69) is 0 Å².